The van der Waals surface area contributed by atoms with E-state index in [0.29, 0.717) is 41.7 Å². The monoisotopic (exact) mass is 426 g/mol. The highest BCUT2D eigenvalue weighted by Crippen LogP contribution is 2.09. The molecule has 0 amide bonds. The number of ketones is 1. The highest BCUT2D eigenvalue weighted by Gasteiger charge is 2.11. The number of hydrogen-bond acceptors (Lipinski definition) is 7. The van der Waals surface area contributed by atoms with E-state index in [1.165, 1.54) is 31.2 Å². The molecule has 164 valence electrons. The molecule has 0 aliphatic carbocycles. The molecule has 2 rings (SSSR count). The summed E-state index contributed by atoms with van der Waals surface area (Å²) in [6, 6.07) is 12.4. The summed E-state index contributed by atoms with van der Waals surface area (Å²) in [5.41, 5.74) is 1.62. The van der Waals surface area contributed by atoms with E-state index in [1.54, 1.807) is 24.3 Å². The summed E-state index contributed by atoms with van der Waals surface area (Å²) in [7, 11) is 0. The Hall–Kier alpha value is -3.48. The Kier molecular flexibility index (Phi) is 9.42. The summed E-state index contributed by atoms with van der Waals surface area (Å²) in [6.07, 6.45) is 1.81. The van der Waals surface area contributed by atoms with Crippen molar-refractivity contribution in [2.45, 2.75) is 33.1 Å². The van der Waals surface area contributed by atoms with Crippen LogP contribution in [0.25, 0.3) is 0 Å². The molecule has 0 radical (unpaired) electrons. The summed E-state index contributed by atoms with van der Waals surface area (Å²) in [5.74, 6) is -1.45. The van der Waals surface area contributed by atoms with Gasteiger partial charge in [-0.2, -0.15) is 0 Å². The van der Waals surface area contributed by atoms with Gasteiger partial charge in [0, 0.05) is 5.56 Å². The van der Waals surface area contributed by atoms with E-state index in [2.05, 4.69) is 0 Å². The van der Waals surface area contributed by atoms with Crippen LogP contribution in [0, 0.1) is 0 Å². The smallest absolute Gasteiger partial charge is 0.338 e. The average Bonchev–Trinajstić information content (AvgIpc) is 2.79. The number of esters is 3. The number of hydrogen-bond donors (Lipinski definition) is 0. The predicted octanol–water partition coefficient (Wildman–Crippen LogP) is 4.25. The summed E-state index contributed by atoms with van der Waals surface area (Å²) < 4.78 is 15.4. The van der Waals surface area contributed by atoms with Crippen LogP contribution in [-0.4, -0.2) is 43.5 Å². The first-order valence-corrected chi connectivity index (χ1v) is 10.1. The number of unbranched alkanes of at least 4 members (excludes halogenated alkanes) is 1. The molecule has 0 aliphatic heterocycles. The first kappa shape index (κ1) is 23.8. The molecule has 2 aromatic carbocycles. The third-order valence-electron chi connectivity index (χ3n) is 4.33. The topological polar surface area (TPSA) is 96.0 Å². The highest BCUT2D eigenvalue weighted by atomic mass is 16.5. The van der Waals surface area contributed by atoms with E-state index in [4.69, 9.17) is 14.2 Å². The Labute approximate surface area is 181 Å². The van der Waals surface area contributed by atoms with Gasteiger partial charge < -0.3 is 14.2 Å². The second kappa shape index (κ2) is 12.3. The van der Waals surface area contributed by atoms with Crippen LogP contribution in [0.15, 0.2) is 48.5 Å². The molecule has 0 aromatic heterocycles. The Morgan fingerprint density at radius 3 is 1.23 bits per heavy atom. The van der Waals surface area contributed by atoms with Crippen LogP contribution in [0.2, 0.25) is 0 Å². The summed E-state index contributed by atoms with van der Waals surface area (Å²) in [4.78, 5) is 47.0. The zero-order valence-corrected chi connectivity index (χ0v) is 17.7. The molecule has 0 saturated carbocycles. The molecule has 0 aliphatic rings. The lowest BCUT2D eigenvalue weighted by Gasteiger charge is -2.07. The third-order valence-corrected chi connectivity index (χ3v) is 4.33. The van der Waals surface area contributed by atoms with Crippen LogP contribution in [-0.2, 0) is 14.2 Å². The van der Waals surface area contributed by atoms with E-state index < -0.39 is 17.9 Å². The van der Waals surface area contributed by atoms with Crippen LogP contribution < -0.4 is 0 Å². The normalized spacial score (nSPS) is 10.3. The third kappa shape index (κ3) is 7.70. The zero-order valence-electron chi connectivity index (χ0n) is 17.7. The molecule has 0 fully saturated rings. The van der Waals surface area contributed by atoms with E-state index in [9.17, 15) is 19.2 Å². The van der Waals surface area contributed by atoms with Crippen molar-refractivity contribution in [1.29, 1.82) is 0 Å². The summed E-state index contributed by atoms with van der Waals surface area (Å²) in [5, 5.41) is 0. The lowest BCUT2D eigenvalue weighted by molar-refractivity contribution is 0.0432. The number of carbonyl (C=O) groups is 4. The molecule has 7 heteroatoms. The summed E-state index contributed by atoms with van der Waals surface area (Å²) >= 11 is 0. The lowest BCUT2D eigenvalue weighted by atomic mass is 10.1. The average molecular weight is 426 g/mol. The van der Waals surface area contributed by atoms with Gasteiger partial charge in [-0.05, 0) is 62.6 Å². The van der Waals surface area contributed by atoms with Crippen molar-refractivity contribution in [2.24, 2.45) is 0 Å². The van der Waals surface area contributed by atoms with Gasteiger partial charge >= 0.3 is 17.9 Å². The molecule has 0 unspecified atom stereocenters. The molecule has 0 atom stereocenters. The van der Waals surface area contributed by atoms with E-state index in [1.807, 2.05) is 6.92 Å². The standard InChI is InChI=1S/C24H26O7/c1-3-14-29-22(26)20-10-12-21(13-11-20)24(28)31-16-5-4-15-30-23(27)19-8-6-18(7-9-19)17(2)25/h6-13H,3-5,14-16H2,1-2H3. The van der Waals surface area contributed by atoms with E-state index in [0.717, 1.165) is 6.42 Å². The fourth-order valence-electron chi connectivity index (χ4n) is 2.56. The molecule has 0 N–H and O–H groups in total. The van der Waals surface area contributed by atoms with Crippen LogP contribution in [0.5, 0.6) is 0 Å². The van der Waals surface area contributed by atoms with Crippen molar-refractivity contribution in [3.63, 3.8) is 0 Å². The highest BCUT2D eigenvalue weighted by molar-refractivity contribution is 5.96. The van der Waals surface area contributed by atoms with Gasteiger partial charge in [0.1, 0.15) is 0 Å². The van der Waals surface area contributed by atoms with Crippen molar-refractivity contribution in [3.05, 3.63) is 70.8 Å². The molecule has 7 nitrogen and oxygen atoms in total. The van der Waals surface area contributed by atoms with Gasteiger partial charge in [-0.1, -0.05) is 19.1 Å². The van der Waals surface area contributed by atoms with Crippen molar-refractivity contribution in [2.75, 3.05) is 19.8 Å². The van der Waals surface area contributed by atoms with Gasteiger partial charge in [0.2, 0.25) is 0 Å². The Morgan fingerprint density at radius 1 is 0.581 bits per heavy atom. The quantitative estimate of drug-likeness (QED) is 0.229. The molecule has 0 spiro atoms. The molecule has 31 heavy (non-hydrogen) atoms. The van der Waals surface area contributed by atoms with Crippen LogP contribution in [0.3, 0.4) is 0 Å². The zero-order chi connectivity index (χ0) is 22.6. The van der Waals surface area contributed by atoms with E-state index >= 15 is 0 Å². The Bertz CT molecular complexity index is 899. The van der Waals surface area contributed by atoms with E-state index in [-0.39, 0.29) is 19.0 Å². The van der Waals surface area contributed by atoms with Gasteiger partial charge in [0.25, 0.3) is 0 Å². The van der Waals surface area contributed by atoms with Crippen LogP contribution in [0.1, 0.15) is 74.5 Å². The van der Waals surface area contributed by atoms with Gasteiger partial charge in [-0.15, -0.1) is 0 Å². The maximum Gasteiger partial charge on any atom is 0.338 e. The maximum absolute atomic E-state index is 12.1. The number of benzene rings is 2. The minimum Gasteiger partial charge on any atom is -0.462 e. The SMILES string of the molecule is CCCOC(=O)c1ccc(C(=O)OCCCCOC(=O)c2ccc(C(C)=O)cc2)cc1. The van der Waals surface area contributed by atoms with Crippen molar-refractivity contribution < 1.29 is 33.4 Å². The predicted molar refractivity (Wildman–Crippen MR) is 113 cm³/mol. The minimum atomic E-state index is -0.490. The fourth-order valence-corrected chi connectivity index (χ4v) is 2.56. The minimum absolute atomic E-state index is 0.0695. The number of ether oxygens (including phenoxy) is 3. The molecule has 0 heterocycles. The van der Waals surface area contributed by atoms with Gasteiger partial charge in [-0.25, -0.2) is 14.4 Å². The van der Waals surface area contributed by atoms with Gasteiger partial charge in [0.05, 0.1) is 36.5 Å². The first-order chi connectivity index (χ1) is 14.9. The van der Waals surface area contributed by atoms with Crippen molar-refractivity contribution >= 4 is 23.7 Å². The van der Waals surface area contributed by atoms with Crippen molar-refractivity contribution in [3.8, 4) is 0 Å². The molecule has 0 saturated heterocycles. The van der Waals surface area contributed by atoms with Gasteiger partial charge in [-0.3, -0.25) is 4.79 Å². The van der Waals surface area contributed by atoms with Crippen LogP contribution >= 0.6 is 0 Å². The fraction of sp³-hybridized carbons (Fsp3) is 0.333. The molecule has 0 bridgehead atoms. The van der Waals surface area contributed by atoms with Gasteiger partial charge in [0.15, 0.2) is 5.78 Å². The molecule has 2 aromatic rings. The number of carbonyl (C=O) groups excluding carboxylic acids is 4. The number of Topliss-reactive ketones (excluding diaryl/α,β-unsaturated/α-hetero) is 1. The first-order valence-electron chi connectivity index (χ1n) is 10.1. The Balaban J connectivity index is 1.65. The number of rotatable bonds is 11. The molecular formula is C24H26O7. The van der Waals surface area contributed by atoms with Crippen molar-refractivity contribution in [1.82, 2.24) is 0 Å². The lowest BCUT2D eigenvalue weighted by Crippen LogP contribution is -2.10. The second-order valence-corrected chi connectivity index (χ2v) is 6.83. The largest absolute Gasteiger partial charge is 0.462 e. The molecular weight excluding hydrogens is 400 g/mol. The summed E-state index contributed by atoms with van der Waals surface area (Å²) in [6.45, 7) is 4.10. The second-order valence-electron chi connectivity index (χ2n) is 6.83. The van der Waals surface area contributed by atoms with Crippen LogP contribution in [0.4, 0.5) is 0 Å². The Morgan fingerprint density at radius 2 is 0.903 bits per heavy atom. The maximum atomic E-state index is 12.1.